The van der Waals surface area contributed by atoms with Gasteiger partial charge in [0, 0.05) is 29.2 Å². The molecule has 1 saturated heterocycles. The fourth-order valence-electron chi connectivity index (χ4n) is 4.36. The zero-order chi connectivity index (χ0) is 23.7. The van der Waals surface area contributed by atoms with Crippen LogP contribution in [-0.4, -0.2) is 27.3 Å². The monoisotopic (exact) mass is 449 g/mol. The van der Waals surface area contributed by atoms with Crippen LogP contribution in [0.15, 0.2) is 96.7 Å². The highest BCUT2D eigenvalue weighted by molar-refractivity contribution is 6.31. The number of para-hydroxylation sites is 1. The Morgan fingerprint density at radius 2 is 1.50 bits per heavy atom. The molecular weight excluding hydrogens is 426 g/mol. The fourth-order valence-corrected chi connectivity index (χ4v) is 4.36. The van der Waals surface area contributed by atoms with Gasteiger partial charge in [0.05, 0.1) is 6.04 Å². The molecule has 1 aliphatic rings. The van der Waals surface area contributed by atoms with E-state index in [4.69, 9.17) is 0 Å². The summed E-state index contributed by atoms with van der Waals surface area (Å²) in [6.45, 7) is 2.42. The van der Waals surface area contributed by atoms with E-state index in [0.717, 1.165) is 32.5 Å². The fraction of sp³-hybridized carbons (Fsp3) is 0.107. The molecule has 1 N–H and O–H groups in total. The molecule has 6 heteroatoms. The van der Waals surface area contributed by atoms with Crippen molar-refractivity contribution >= 4 is 34.8 Å². The van der Waals surface area contributed by atoms with Crippen LogP contribution in [0.4, 0.5) is 4.79 Å². The van der Waals surface area contributed by atoms with Gasteiger partial charge >= 0.3 is 6.03 Å². The third-order valence-electron chi connectivity index (χ3n) is 6.12. The highest BCUT2D eigenvalue weighted by Gasteiger charge is 2.39. The van der Waals surface area contributed by atoms with Crippen LogP contribution in [0.3, 0.4) is 0 Å². The number of hydrogen-bond donors (Lipinski definition) is 1. The summed E-state index contributed by atoms with van der Waals surface area (Å²) < 4.78 is 2.10. The summed E-state index contributed by atoms with van der Waals surface area (Å²) >= 11 is 0. The van der Waals surface area contributed by atoms with Gasteiger partial charge in [-0.3, -0.25) is 19.8 Å². The SMILES string of the molecule is C[C@H](c1ccccc1)N1C(=O)NC(=O)/C(=C\c2cn(Cc3ccccc3)c3ccccc23)C1=O. The first kappa shape index (κ1) is 21.4. The lowest BCUT2D eigenvalue weighted by molar-refractivity contribution is -0.131. The van der Waals surface area contributed by atoms with Crippen molar-refractivity contribution in [3.63, 3.8) is 0 Å². The van der Waals surface area contributed by atoms with Crippen LogP contribution >= 0.6 is 0 Å². The molecule has 0 radical (unpaired) electrons. The normalized spacial score (nSPS) is 16.2. The smallest absolute Gasteiger partial charge is 0.331 e. The van der Waals surface area contributed by atoms with Gasteiger partial charge in [-0.2, -0.15) is 0 Å². The van der Waals surface area contributed by atoms with Gasteiger partial charge in [0.1, 0.15) is 5.57 Å². The molecule has 1 atom stereocenters. The topological polar surface area (TPSA) is 71.4 Å². The largest absolute Gasteiger partial charge is 0.342 e. The van der Waals surface area contributed by atoms with Gasteiger partial charge in [-0.15, -0.1) is 0 Å². The van der Waals surface area contributed by atoms with Crippen LogP contribution in [0.2, 0.25) is 0 Å². The van der Waals surface area contributed by atoms with Crippen molar-refractivity contribution in [2.75, 3.05) is 0 Å². The summed E-state index contributed by atoms with van der Waals surface area (Å²) in [5.74, 6) is -1.30. The van der Waals surface area contributed by atoms with E-state index in [2.05, 4.69) is 22.0 Å². The van der Waals surface area contributed by atoms with Gasteiger partial charge in [-0.1, -0.05) is 78.9 Å². The molecule has 3 aromatic carbocycles. The standard InChI is InChI=1S/C28H23N3O3/c1-19(21-12-6-3-7-13-21)31-27(33)24(26(32)29-28(31)34)16-22-18-30(17-20-10-4-2-5-11-20)25-15-9-8-14-23(22)25/h2-16,18-19H,17H2,1H3,(H,29,32,34)/b24-16+/t19-/m1/s1. The van der Waals surface area contributed by atoms with Crippen LogP contribution in [0, 0.1) is 0 Å². The van der Waals surface area contributed by atoms with Crippen LogP contribution in [0.25, 0.3) is 17.0 Å². The van der Waals surface area contributed by atoms with Crippen molar-refractivity contribution in [1.29, 1.82) is 0 Å². The summed E-state index contributed by atoms with van der Waals surface area (Å²) in [6, 6.07) is 26.0. The van der Waals surface area contributed by atoms with E-state index in [9.17, 15) is 14.4 Å². The number of fused-ring (bicyclic) bond motifs is 1. The number of carbonyl (C=O) groups is 3. The molecular formula is C28H23N3O3. The van der Waals surface area contributed by atoms with Crippen molar-refractivity contribution in [1.82, 2.24) is 14.8 Å². The van der Waals surface area contributed by atoms with E-state index in [-0.39, 0.29) is 5.57 Å². The van der Waals surface area contributed by atoms with E-state index >= 15 is 0 Å². The number of hydrogen-bond acceptors (Lipinski definition) is 3. The number of benzene rings is 3. The van der Waals surface area contributed by atoms with Gasteiger partial charge in [0.15, 0.2) is 0 Å². The first-order chi connectivity index (χ1) is 16.5. The molecule has 5 rings (SSSR count). The van der Waals surface area contributed by atoms with Crippen molar-refractivity contribution in [2.45, 2.75) is 19.5 Å². The number of imide groups is 2. The van der Waals surface area contributed by atoms with Crippen molar-refractivity contribution in [2.24, 2.45) is 0 Å². The molecule has 168 valence electrons. The second kappa shape index (κ2) is 8.83. The molecule has 0 spiro atoms. The Balaban J connectivity index is 1.54. The Kier molecular flexibility index (Phi) is 5.55. The molecule has 0 bridgehead atoms. The third-order valence-corrected chi connectivity index (χ3v) is 6.12. The zero-order valence-corrected chi connectivity index (χ0v) is 18.6. The number of urea groups is 1. The second-order valence-electron chi connectivity index (χ2n) is 8.29. The molecule has 1 fully saturated rings. The minimum atomic E-state index is -0.713. The predicted octanol–water partition coefficient (Wildman–Crippen LogP) is 4.91. The number of barbiturate groups is 1. The molecule has 4 aromatic rings. The zero-order valence-electron chi connectivity index (χ0n) is 18.6. The summed E-state index contributed by atoms with van der Waals surface area (Å²) in [7, 11) is 0. The number of carbonyl (C=O) groups excluding carboxylic acids is 3. The summed E-state index contributed by atoms with van der Waals surface area (Å²) in [5.41, 5.74) is 3.62. The van der Waals surface area contributed by atoms with Crippen LogP contribution < -0.4 is 5.32 Å². The van der Waals surface area contributed by atoms with Gasteiger partial charge < -0.3 is 4.57 Å². The van der Waals surface area contributed by atoms with E-state index in [1.165, 1.54) is 0 Å². The van der Waals surface area contributed by atoms with E-state index in [1.807, 2.05) is 79.0 Å². The Labute approximate surface area is 197 Å². The maximum atomic E-state index is 13.4. The third kappa shape index (κ3) is 3.90. The summed E-state index contributed by atoms with van der Waals surface area (Å²) in [4.78, 5) is 39.8. The number of nitrogens with one attached hydrogen (secondary N) is 1. The molecule has 34 heavy (non-hydrogen) atoms. The summed E-state index contributed by atoms with van der Waals surface area (Å²) in [5, 5.41) is 3.25. The van der Waals surface area contributed by atoms with Crippen LogP contribution in [-0.2, 0) is 16.1 Å². The van der Waals surface area contributed by atoms with Crippen molar-refractivity contribution in [3.05, 3.63) is 113 Å². The Hall–Kier alpha value is -4.45. The van der Waals surface area contributed by atoms with Gasteiger partial charge in [-0.05, 0) is 30.2 Å². The van der Waals surface area contributed by atoms with Gasteiger partial charge in [0.25, 0.3) is 11.8 Å². The van der Waals surface area contributed by atoms with E-state index in [1.54, 1.807) is 13.0 Å². The van der Waals surface area contributed by atoms with Gasteiger partial charge in [0.2, 0.25) is 0 Å². The number of rotatable bonds is 5. The highest BCUT2D eigenvalue weighted by atomic mass is 16.2. The quantitative estimate of drug-likeness (QED) is 0.348. The second-order valence-corrected chi connectivity index (χ2v) is 8.29. The summed E-state index contributed by atoms with van der Waals surface area (Å²) in [6.07, 6.45) is 3.52. The van der Waals surface area contributed by atoms with Crippen LogP contribution in [0.1, 0.15) is 29.7 Å². The average Bonchev–Trinajstić information content (AvgIpc) is 3.20. The molecule has 0 saturated carbocycles. The maximum absolute atomic E-state index is 13.4. The number of amides is 4. The number of nitrogens with zero attached hydrogens (tertiary/aromatic N) is 2. The van der Waals surface area contributed by atoms with Crippen LogP contribution in [0.5, 0.6) is 0 Å². The highest BCUT2D eigenvalue weighted by Crippen LogP contribution is 2.28. The lowest BCUT2D eigenvalue weighted by Gasteiger charge is -2.31. The molecule has 4 amide bonds. The Bertz CT molecular complexity index is 1420. The molecule has 0 aliphatic carbocycles. The molecule has 0 unspecified atom stereocenters. The lowest BCUT2D eigenvalue weighted by atomic mass is 10.0. The number of aromatic nitrogens is 1. The molecule has 6 nitrogen and oxygen atoms in total. The first-order valence-electron chi connectivity index (χ1n) is 11.1. The Morgan fingerprint density at radius 1 is 0.853 bits per heavy atom. The average molecular weight is 450 g/mol. The maximum Gasteiger partial charge on any atom is 0.331 e. The lowest BCUT2D eigenvalue weighted by Crippen LogP contribution is -2.54. The Morgan fingerprint density at radius 3 is 2.24 bits per heavy atom. The minimum absolute atomic E-state index is 0.0648. The molecule has 2 heterocycles. The van der Waals surface area contributed by atoms with Crippen molar-refractivity contribution in [3.8, 4) is 0 Å². The first-order valence-corrected chi connectivity index (χ1v) is 11.1. The minimum Gasteiger partial charge on any atom is -0.342 e. The van der Waals surface area contributed by atoms with Crippen molar-refractivity contribution < 1.29 is 14.4 Å². The van der Waals surface area contributed by atoms with E-state index < -0.39 is 23.9 Å². The van der Waals surface area contributed by atoms with Gasteiger partial charge in [-0.25, -0.2) is 4.79 Å². The predicted molar refractivity (Wildman–Crippen MR) is 131 cm³/mol. The molecule has 1 aromatic heterocycles. The van der Waals surface area contributed by atoms with E-state index in [0.29, 0.717) is 6.54 Å². The molecule has 1 aliphatic heterocycles.